The summed E-state index contributed by atoms with van der Waals surface area (Å²) in [5.41, 5.74) is 1.02. The molecule has 1 aliphatic rings. The van der Waals surface area contributed by atoms with E-state index < -0.39 is 0 Å². The van der Waals surface area contributed by atoms with Gasteiger partial charge in [0.25, 0.3) is 0 Å². The Morgan fingerprint density at radius 2 is 2.00 bits per heavy atom. The molecule has 1 fully saturated rings. The van der Waals surface area contributed by atoms with Crippen LogP contribution in [0.5, 0.6) is 0 Å². The average Bonchev–Trinajstić information content (AvgIpc) is 2.76. The van der Waals surface area contributed by atoms with Gasteiger partial charge in [0.15, 0.2) is 0 Å². The van der Waals surface area contributed by atoms with Gasteiger partial charge in [0.2, 0.25) is 0 Å². The van der Waals surface area contributed by atoms with Crippen molar-refractivity contribution in [3.63, 3.8) is 0 Å². The Balaban J connectivity index is 1.98. The van der Waals surface area contributed by atoms with Crippen LogP contribution in [0.1, 0.15) is 24.8 Å². The zero-order chi connectivity index (χ0) is 12.3. The fourth-order valence-electron chi connectivity index (χ4n) is 2.38. The Labute approximate surface area is 117 Å². The van der Waals surface area contributed by atoms with Gasteiger partial charge in [-0.1, -0.05) is 35.7 Å². The van der Waals surface area contributed by atoms with E-state index in [-0.39, 0.29) is 0 Å². The predicted molar refractivity (Wildman–Crippen MR) is 78.2 cm³/mol. The first-order valence-corrected chi connectivity index (χ1v) is 7.96. The maximum Gasteiger partial charge on any atom is 0.0465 e. The van der Waals surface area contributed by atoms with E-state index in [1.807, 2.05) is 30.0 Å². The van der Waals surface area contributed by atoms with E-state index in [1.165, 1.54) is 19.3 Å². The molecular formula is C13H17Cl2NS. The molecule has 1 aromatic rings. The number of hydrogen-bond donors (Lipinski definition) is 1. The first-order valence-electron chi connectivity index (χ1n) is 5.91. The Kier molecular flexibility index (Phi) is 5.04. The van der Waals surface area contributed by atoms with Gasteiger partial charge in [0, 0.05) is 33.4 Å². The number of nitrogens with one attached hydrogen (secondary N) is 1. The molecule has 2 atom stereocenters. The van der Waals surface area contributed by atoms with E-state index in [9.17, 15) is 0 Å². The van der Waals surface area contributed by atoms with E-state index in [0.717, 1.165) is 27.4 Å². The molecule has 0 aliphatic heterocycles. The van der Waals surface area contributed by atoms with Gasteiger partial charge in [-0.2, -0.15) is 11.8 Å². The van der Waals surface area contributed by atoms with Gasteiger partial charge in [-0.25, -0.2) is 0 Å². The van der Waals surface area contributed by atoms with Crippen molar-refractivity contribution in [1.82, 2.24) is 5.32 Å². The van der Waals surface area contributed by atoms with Crippen LogP contribution in [-0.4, -0.2) is 17.5 Å². The highest BCUT2D eigenvalue weighted by Crippen LogP contribution is 2.30. The molecule has 94 valence electrons. The minimum atomic E-state index is 0.595. The quantitative estimate of drug-likeness (QED) is 0.884. The fourth-order valence-corrected chi connectivity index (χ4v) is 3.87. The summed E-state index contributed by atoms with van der Waals surface area (Å²) in [5, 5.41) is 5.83. The molecule has 2 rings (SSSR count). The SMILES string of the molecule is CSC1CCCC1NCc1c(Cl)cccc1Cl. The molecule has 1 aliphatic carbocycles. The van der Waals surface area contributed by atoms with Crippen LogP contribution in [0.25, 0.3) is 0 Å². The number of thioether (sulfide) groups is 1. The van der Waals surface area contributed by atoms with Crippen LogP contribution in [-0.2, 0) is 6.54 Å². The molecule has 0 saturated heterocycles. The van der Waals surface area contributed by atoms with Crippen LogP contribution < -0.4 is 5.32 Å². The van der Waals surface area contributed by atoms with Crippen molar-refractivity contribution in [2.75, 3.05) is 6.26 Å². The van der Waals surface area contributed by atoms with Crippen LogP contribution in [0.4, 0.5) is 0 Å². The third kappa shape index (κ3) is 3.31. The summed E-state index contributed by atoms with van der Waals surface area (Å²) in [6.45, 7) is 0.764. The average molecular weight is 290 g/mol. The van der Waals surface area contributed by atoms with E-state index in [1.54, 1.807) is 0 Å². The standard InChI is InChI=1S/C13H17Cl2NS/c1-17-13-7-3-6-12(13)16-8-9-10(14)4-2-5-11(9)15/h2,4-5,12-13,16H,3,6-8H2,1H3. The zero-order valence-electron chi connectivity index (χ0n) is 9.88. The zero-order valence-corrected chi connectivity index (χ0v) is 12.2. The highest BCUT2D eigenvalue weighted by Gasteiger charge is 2.26. The molecule has 1 saturated carbocycles. The molecule has 0 spiro atoms. The molecule has 1 nitrogen and oxygen atoms in total. The van der Waals surface area contributed by atoms with Crippen LogP contribution >= 0.6 is 35.0 Å². The van der Waals surface area contributed by atoms with Crippen molar-refractivity contribution in [2.24, 2.45) is 0 Å². The van der Waals surface area contributed by atoms with Gasteiger partial charge >= 0.3 is 0 Å². The van der Waals surface area contributed by atoms with Gasteiger partial charge in [-0.15, -0.1) is 0 Å². The van der Waals surface area contributed by atoms with Gasteiger partial charge in [0.05, 0.1) is 0 Å². The van der Waals surface area contributed by atoms with Crippen molar-refractivity contribution in [2.45, 2.75) is 37.1 Å². The Bertz CT molecular complexity index is 363. The van der Waals surface area contributed by atoms with E-state index >= 15 is 0 Å². The molecule has 0 heterocycles. The van der Waals surface area contributed by atoms with Crippen LogP contribution in [0.15, 0.2) is 18.2 Å². The molecule has 1 N–H and O–H groups in total. The van der Waals surface area contributed by atoms with Crippen LogP contribution in [0.3, 0.4) is 0 Å². The normalized spacial score (nSPS) is 24.2. The number of halogens is 2. The maximum atomic E-state index is 6.16. The van der Waals surface area contributed by atoms with Crippen molar-refractivity contribution < 1.29 is 0 Å². The topological polar surface area (TPSA) is 12.0 Å². The Morgan fingerprint density at radius 1 is 1.29 bits per heavy atom. The molecule has 0 radical (unpaired) electrons. The summed E-state index contributed by atoms with van der Waals surface area (Å²) in [6.07, 6.45) is 6.08. The summed E-state index contributed by atoms with van der Waals surface area (Å²) >= 11 is 14.3. The maximum absolute atomic E-state index is 6.16. The molecule has 4 heteroatoms. The summed E-state index contributed by atoms with van der Waals surface area (Å²) in [5.74, 6) is 0. The molecular weight excluding hydrogens is 273 g/mol. The van der Waals surface area contributed by atoms with Gasteiger partial charge < -0.3 is 5.32 Å². The van der Waals surface area contributed by atoms with Crippen molar-refractivity contribution >= 4 is 35.0 Å². The Morgan fingerprint density at radius 3 is 2.65 bits per heavy atom. The lowest BCUT2D eigenvalue weighted by atomic mass is 10.2. The number of hydrogen-bond acceptors (Lipinski definition) is 2. The minimum absolute atomic E-state index is 0.595. The van der Waals surface area contributed by atoms with Crippen molar-refractivity contribution in [1.29, 1.82) is 0 Å². The summed E-state index contributed by atoms with van der Waals surface area (Å²) in [6, 6.07) is 6.27. The van der Waals surface area contributed by atoms with Crippen molar-refractivity contribution in [3.05, 3.63) is 33.8 Å². The minimum Gasteiger partial charge on any atom is -0.309 e. The molecule has 17 heavy (non-hydrogen) atoms. The van der Waals surface area contributed by atoms with E-state index in [0.29, 0.717) is 6.04 Å². The second-order valence-electron chi connectivity index (χ2n) is 4.39. The third-order valence-corrected chi connectivity index (χ3v) is 5.24. The number of rotatable bonds is 4. The summed E-state index contributed by atoms with van der Waals surface area (Å²) < 4.78 is 0. The lowest BCUT2D eigenvalue weighted by molar-refractivity contribution is 0.532. The number of benzene rings is 1. The largest absolute Gasteiger partial charge is 0.309 e. The predicted octanol–water partition coefficient (Wildman–Crippen LogP) is 4.37. The first kappa shape index (κ1) is 13.5. The molecule has 0 amide bonds. The van der Waals surface area contributed by atoms with Crippen molar-refractivity contribution in [3.8, 4) is 0 Å². The Hall–Kier alpha value is 0.110. The lowest BCUT2D eigenvalue weighted by Crippen LogP contribution is -2.33. The third-order valence-electron chi connectivity index (χ3n) is 3.36. The van der Waals surface area contributed by atoms with Crippen LogP contribution in [0.2, 0.25) is 10.0 Å². The molecule has 0 aromatic heterocycles. The second kappa shape index (κ2) is 6.33. The summed E-state index contributed by atoms with van der Waals surface area (Å²) in [7, 11) is 0. The first-order chi connectivity index (χ1) is 8.22. The van der Waals surface area contributed by atoms with E-state index in [4.69, 9.17) is 23.2 Å². The highest BCUT2D eigenvalue weighted by atomic mass is 35.5. The lowest BCUT2D eigenvalue weighted by Gasteiger charge is -2.20. The van der Waals surface area contributed by atoms with Gasteiger partial charge in [0.1, 0.15) is 0 Å². The smallest absolute Gasteiger partial charge is 0.0465 e. The van der Waals surface area contributed by atoms with E-state index in [2.05, 4.69) is 11.6 Å². The van der Waals surface area contributed by atoms with Gasteiger partial charge in [-0.3, -0.25) is 0 Å². The fraction of sp³-hybridized carbons (Fsp3) is 0.538. The second-order valence-corrected chi connectivity index (χ2v) is 6.28. The summed E-state index contributed by atoms with van der Waals surface area (Å²) in [4.78, 5) is 0. The molecule has 2 unspecified atom stereocenters. The highest BCUT2D eigenvalue weighted by molar-refractivity contribution is 7.99. The van der Waals surface area contributed by atoms with Crippen LogP contribution in [0, 0.1) is 0 Å². The molecule has 1 aromatic carbocycles. The monoisotopic (exact) mass is 289 g/mol. The molecule has 0 bridgehead atoms. The van der Waals surface area contributed by atoms with Gasteiger partial charge in [-0.05, 0) is 31.2 Å².